The van der Waals surface area contributed by atoms with Gasteiger partial charge in [0.05, 0.1) is 22.6 Å². The van der Waals surface area contributed by atoms with Crippen molar-refractivity contribution in [3.05, 3.63) is 23.5 Å². The predicted octanol–water partition coefficient (Wildman–Crippen LogP) is 2.61. The second kappa shape index (κ2) is 6.98. The SMILES string of the molecule is CSc1c(C#N)ccc(N2C(=O)C(C)(C)N(CCC(=O)O)C2=S)c1F. The molecule has 1 aromatic carbocycles. The number of benzene rings is 1. The summed E-state index contributed by atoms with van der Waals surface area (Å²) in [6, 6.07) is 4.69. The normalized spacial score (nSPS) is 16.3. The molecule has 0 atom stereocenters. The Morgan fingerprint density at radius 3 is 2.64 bits per heavy atom. The summed E-state index contributed by atoms with van der Waals surface area (Å²) in [7, 11) is 0. The number of amides is 1. The van der Waals surface area contributed by atoms with E-state index in [9.17, 15) is 14.0 Å². The van der Waals surface area contributed by atoms with E-state index >= 15 is 0 Å². The van der Waals surface area contributed by atoms with Gasteiger partial charge in [-0.15, -0.1) is 11.8 Å². The number of hydrogen-bond acceptors (Lipinski definition) is 5. The van der Waals surface area contributed by atoms with Gasteiger partial charge in [-0.2, -0.15) is 5.26 Å². The van der Waals surface area contributed by atoms with Crippen LogP contribution in [0.5, 0.6) is 0 Å². The fourth-order valence-electron chi connectivity index (χ4n) is 2.64. The minimum Gasteiger partial charge on any atom is -0.481 e. The molecular weight excluding hydrogens is 365 g/mol. The Labute approximate surface area is 154 Å². The minimum absolute atomic E-state index is 0.0377. The molecule has 0 saturated carbocycles. The third kappa shape index (κ3) is 3.19. The number of carboxylic acids is 1. The summed E-state index contributed by atoms with van der Waals surface area (Å²) in [6.45, 7) is 3.26. The molecule has 0 bridgehead atoms. The van der Waals surface area contributed by atoms with Gasteiger partial charge in [-0.3, -0.25) is 14.5 Å². The van der Waals surface area contributed by atoms with Gasteiger partial charge in [0.2, 0.25) is 0 Å². The maximum Gasteiger partial charge on any atom is 0.305 e. The van der Waals surface area contributed by atoms with Crippen molar-refractivity contribution in [3.63, 3.8) is 0 Å². The number of carbonyl (C=O) groups is 2. The minimum atomic E-state index is -1.09. The van der Waals surface area contributed by atoms with E-state index in [0.717, 1.165) is 16.7 Å². The first kappa shape index (κ1) is 19.1. The molecule has 1 amide bonds. The Kier molecular flexibility index (Phi) is 5.34. The van der Waals surface area contributed by atoms with Crippen molar-refractivity contribution < 1.29 is 19.1 Å². The lowest BCUT2D eigenvalue weighted by Crippen LogP contribution is -2.45. The number of rotatable bonds is 5. The number of halogens is 1. The Balaban J connectivity index is 2.50. The predicted molar refractivity (Wildman–Crippen MR) is 96.0 cm³/mol. The van der Waals surface area contributed by atoms with Gasteiger partial charge in [0, 0.05) is 6.54 Å². The van der Waals surface area contributed by atoms with Gasteiger partial charge in [0.1, 0.15) is 11.6 Å². The zero-order valence-electron chi connectivity index (χ0n) is 13.9. The second-order valence-corrected chi connectivity index (χ2v) is 7.05. The number of hydrogen-bond donors (Lipinski definition) is 1. The first-order valence-corrected chi connectivity index (χ1v) is 8.94. The number of nitrogens with zero attached hydrogens (tertiary/aromatic N) is 3. The summed E-state index contributed by atoms with van der Waals surface area (Å²) in [4.78, 5) is 26.4. The fourth-order valence-corrected chi connectivity index (χ4v) is 3.75. The van der Waals surface area contributed by atoms with Crippen molar-refractivity contribution in [2.45, 2.75) is 30.7 Å². The van der Waals surface area contributed by atoms with Crippen LogP contribution in [0.2, 0.25) is 0 Å². The molecule has 1 fully saturated rings. The summed E-state index contributed by atoms with van der Waals surface area (Å²) in [5, 5.41) is 18.0. The highest BCUT2D eigenvalue weighted by Gasteiger charge is 2.50. The summed E-state index contributed by atoms with van der Waals surface area (Å²) in [6.07, 6.45) is 1.44. The van der Waals surface area contributed by atoms with Crippen LogP contribution in [0, 0.1) is 17.1 Å². The molecule has 0 unspecified atom stereocenters. The van der Waals surface area contributed by atoms with Gasteiger partial charge >= 0.3 is 5.97 Å². The number of aliphatic carboxylic acids is 1. The van der Waals surface area contributed by atoms with E-state index in [2.05, 4.69) is 0 Å². The lowest BCUT2D eigenvalue weighted by atomic mass is 10.0. The molecule has 132 valence electrons. The van der Waals surface area contributed by atoms with Gasteiger partial charge in [-0.25, -0.2) is 4.39 Å². The van der Waals surface area contributed by atoms with Crippen LogP contribution in [0.15, 0.2) is 17.0 Å². The maximum absolute atomic E-state index is 14.9. The van der Waals surface area contributed by atoms with Gasteiger partial charge < -0.3 is 10.0 Å². The highest BCUT2D eigenvalue weighted by Crippen LogP contribution is 2.37. The molecular formula is C16H16FN3O3S2. The van der Waals surface area contributed by atoms with Crippen LogP contribution in [0.25, 0.3) is 0 Å². The Morgan fingerprint density at radius 1 is 1.48 bits per heavy atom. The average molecular weight is 381 g/mol. The molecule has 0 aliphatic carbocycles. The molecule has 6 nitrogen and oxygen atoms in total. The molecule has 1 saturated heterocycles. The standard InChI is InChI=1S/C16H16FN3O3S2/c1-16(2)14(23)20(15(24)19(16)7-6-11(21)22)10-5-4-9(8-18)13(25-3)12(10)17/h4-5H,6-7H2,1-3H3,(H,21,22). The molecule has 1 aliphatic rings. The van der Waals surface area contributed by atoms with Crippen LogP contribution in [0.4, 0.5) is 10.1 Å². The third-order valence-electron chi connectivity index (χ3n) is 4.01. The quantitative estimate of drug-likeness (QED) is 0.620. The van der Waals surface area contributed by atoms with Crippen LogP contribution in [-0.4, -0.2) is 45.3 Å². The summed E-state index contributed by atoms with van der Waals surface area (Å²) in [5.74, 6) is -2.16. The number of nitriles is 1. The molecule has 9 heteroatoms. The monoisotopic (exact) mass is 381 g/mol. The lowest BCUT2D eigenvalue weighted by molar-refractivity contribution is -0.137. The summed E-state index contributed by atoms with van der Waals surface area (Å²) >= 11 is 6.39. The largest absolute Gasteiger partial charge is 0.481 e. The first-order chi connectivity index (χ1) is 11.7. The van der Waals surface area contributed by atoms with Gasteiger partial charge in [0.15, 0.2) is 10.9 Å². The van der Waals surface area contributed by atoms with Crippen molar-refractivity contribution in [1.82, 2.24) is 4.90 Å². The Bertz CT molecular complexity index is 805. The number of thioether (sulfide) groups is 1. The zero-order valence-corrected chi connectivity index (χ0v) is 15.5. The van der Waals surface area contributed by atoms with Gasteiger partial charge in [-0.05, 0) is 44.5 Å². The van der Waals surface area contributed by atoms with Crippen LogP contribution >= 0.6 is 24.0 Å². The molecule has 0 aromatic heterocycles. The number of anilines is 1. The van der Waals surface area contributed by atoms with E-state index in [1.54, 1.807) is 20.1 Å². The van der Waals surface area contributed by atoms with Gasteiger partial charge in [-0.1, -0.05) is 0 Å². The van der Waals surface area contributed by atoms with Crippen molar-refractivity contribution in [3.8, 4) is 6.07 Å². The lowest BCUT2D eigenvalue weighted by Gasteiger charge is -2.28. The average Bonchev–Trinajstić information content (AvgIpc) is 2.71. The van der Waals surface area contributed by atoms with Crippen LogP contribution < -0.4 is 4.90 Å². The highest BCUT2D eigenvalue weighted by atomic mass is 32.2. The zero-order chi connectivity index (χ0) is 18.9. The summed E-state index contributed by atoms with van der Waals surface area (Å²) < 4.78 is 14.9. The summed E-state index contributed by atoms with van der Waals surface area (Å²) in [5.41, 5.74) is -0.954. The topological polar surface area (TPSA) is 84.6 Å². The van der Waals surface area contributed by atoms with Crippen molar-refractivity contribution in [2.75, 3.05) is 17.7 Å². The van der Waals surface area contributed by atoms with Crippen molar-refractivity contribution >= 4 is 46.7 Å². The molecule has 25 heavy (non-hydrogen) atoms. The van der Waals surface area contributed by atoms with E-state index in [0.29, 0.717) is 0 Å². The van der Waals surface area contributed by atoms with Crippen molar-refractivity contribution in [1.29, 1.82) is 5.26 Å². The number of carbonyl (C=O) groups excluding carboxylic acids is 1. The molecule has 0 spiro atoms. The molecule has 1 N–H and O–H groups in total. The van der Waals surface area contributed by atoms with E-state index in [4.69, 9.17) is 22.6 Å². The Morgan fingerprint density at radius 2 is 2.12 bits per heavy atom. The Hall–Kier alpha value is -2.18. The second-order valence-electron chi connectivity index (χ2n) is 5.87. The maximum atomic E-state index is 14.9. The molecule has 0 radical (unpaired) electrons. The molecule has 1 aliphatic heterocycles. The van der Waals surface area contributed by atoms with E-state index in [1.807, 2.05) is 6.07 Å². The van der Waals surface area contributed by atoms with Gasteiger partial charge in [0.25, 0.3) is 5.91 Å². The number of thiocarbonyl (C=S) groups is 1. The van der Waals surface area contributed by atoms with Crippen molar-refractivity contribution in [2.24, 2.45) is 0 Å². The van der Waals surface area contributed by atoms with E-state index in [-0.39, 0.29) is 34.2 Å². The van der Waals surface area contributed by atoms with E-state index in [1.165, 1.54) is 17.0 Å². The number of carboxylic acid groups (broad SMARTS) is 1. The molecule has 1 heterocycles. The first-order valence-electron chi connectivity index (χ1n) is 7.31. The van der Waals surface area contributed by atoms with Crippen LogP contribution in [-0.2, 0) is 9.59 Å². The molecule has 2 rings (SSSR count). The third-order valence-corrected chi connectivity index (χ3v) is 5.23. The smallest absolute Gasteiger partial charge is 0.305 e. The highest BCUT2D eigenvalue weighted by molar-refractivity contribution is 7.98. The van der Waals surface area contributed by atoms with Crippen LogP contribution in [0.3, 0.4) is 0 Å². The molecule has 1 aromatic rings. The van der Waals surface area contributed by atoms with Crippen LogP contribution in [0.1, 0.15) is 25.8 Å². The van der Waals surface area contributed by atoms with E-state index < -0.39 is 23.2 Å². The fraction of sp³-hybridized carbons (Fsp3) is 0.375.